The Morgan fingerprint density at radius 1 is 0.833 bits per heavy atom. The van der Waals surface area contributed by atoms with E-state index in [4.69, 9.17) is 0 Å². The molecule has 0 radical (unpaired) electrons. The lowest BCUT2D eigenvalue weighted by molar-refractivity contribution is 0.0947. The fourth-order valence-electron chi connectivity index (χ4n) is 2.49. The SMILES string of the molecule is Cc1cc(/C=N\NC(=O)c2ccncc2)c(O)c(/C=N\NC(=O)c2ccncc2)c1. The van der Waals surface area contributed by atoms with Gasteiger partial charge in [0.15, 0.2) is 0 Å². The van der Waals surface area contributed by atoms with E-state index in [1.54, 1.807) is 36.4 Å². The summed E-state index contributed by atoms with van der Waals surface area (Å²) in [5.41, 5.74) is 7.19. The van der Waals surface area contributed by atoms with E-state index in [0.29, 0.717) is 22.3 Å². The number of nitrogens with zero attached hydrogens (tertiary/aromatic N) is 4. The minimum atomic E-state index is -0.401. The number of aromatic hydroxyl groups is 1. The third-order valence-corrected chi connectivity index (χ3v) is 3.94. The fourth-order valence-corrected chi connectivity index (χ4v) is 2.49. The molecule has 2 amide bonds. The van der Waals surface area contributed by atoms with E-state index in [9.17, 15) is 14.7 Å². The molecule has 0 aliphatic carbocycles. The topological polar surface area (TPSA) is 129 Å². The van der Waals surface area contributed by atoms with Gasteiger partial charge in [0, 0.05) is 47.0 Å². The Kier molecular flexibility index (Phi) is 6.57. The highest BCUT2D eigenvalue weighted by molar-refractivity contribution is 5.97. The summed E-state index contributed by atoms with van der Waals surface area (Å²) in [6, 6.07) is 9.63. The number of aromatic nitrogens is 2. The van der Waals surface area contributed by atoms with Crippen LogP contribution < -0.4 is 10.9 Å². The zero-order chi connectivity index (χ0) is 21.3. The molecular weight excluding hydrogens is 384 g/mol. The summed E-state index contributed by atoms with van der Waals surface area (Å²) in [6.07, 6.45) is 8.67. The van der Waals surface area contributed by atoms with Crippen molar-refractivity contribution >= 4 is 24.2 Å². The summed E-state index contributed by atoms with van der Waals surface area (Å²) in [5, 5.41) is 18.2. The Hall–Kier alpha value is -4.40. The molecule has 3 rings (SSSR count). The number of benzene rings is 1. The van der Waals surface area contributed by atoms with Gasteiger partial charge in [0.1, 0.15) is 5.75 Å². The van der Waals surface area contributed by atoms with E-state index >= 15 is 0 Å². The molecule has 0 unspecified atom stereocenters. The highest BCUT2D eigenvalue weighted by atomic mass is 16.3. The average molecular weight is 402 g/mol. The van der Waals surface area contributed by atoms with Crippen LogP contribution in [-0.4, -0.2) is 39.3 Å². The lowest BCUT2D eigenvalue weighted by Gasteiger charge is -2.06. The molecule has 30 heavy (non-hydrogen) atoms. The number of aryl methyl sites for hydroxylation is 1. The molecule has 0 spiro atoms. The minimum Gasteiger partial charge on any atom is -0.507 e. The Balaban J connectivity index is 1.68. The van der Waals surface area contributed by atoms with Gasteiger partial charge in [-0.05, 0) is 48.9 Å². The number of phenolic OH excluding ortho intramolecular Hbond substituents is 1. The maximum Gasteiger partial charge on any atom is 0.271 e. The van der Waals surface area contributed by atoms with E-state index in [1.165, 1.54) is 37.2 Å². The van der Waals surface area contributed by atoms with E-state index in [1.807, 2.05) is 6.92 Å². The second kappa shape index (κ2) is 9.69. The molecule has 3 N–H and O–H groups in total. The second-order valence-electron chi connectivity index (χ2n) is 6.16. The number of hydrogen-bond acceptors (Lipinski definition) is 7. The van der Waals surface area contributed by atoms with Crippen LogP contribution in [0.25, 0.3) is 0 Å². The van der Waals surface area contributed by atoms with Crippen LogP contribution in [0.4, 0.5) is 0 Å². The summed E-state index contributed by atoms with van der Waals surface area (Å²) in [4.78, 5) is 31.7. The van der Waals surface area contributed by atoms with Gasteiger partial charge in [-0.3, -0.25) is 19.6 Å². The predicted octanol–water partition coefficient (Wildman–Crippen LogP) is 2.02. The van der Waals surface area contributed by atoms with Crippen molar-refractivity contribution in [3.63, 3.8) is 0 Å². The van der Waals surface area contributed by atoms with Gasteiger partial charge in [-0.25, -0.2) is 10.9 Å². The fraction of sp³-hybridized carbons (Fsp3) is 0.0476. The summed E-state index contributed by atoms with van der Waals surface area (Å²) in [5.74, 6) is -0.896. The number of pyridine rings is 2. The first-order chi connectivity index (χ1) is 14.5. The standard InChI is InChI=1S/C21H18N6O3/c1-14-10-17(12-24-26-20(29)15-2-6-22-7-3-15)19(28)18(11-14)13-25-27-21(30)16-4-8-23-9-5-16/h2-13,28H,1H3,(H,26,29)(H,27,30)/b24-12-,25-13-. The summed E-state index contributed by atoms with van der Waals surface area (Å²) in [7, 11) is 0. The zero-order valence-corrected chi connectivity index (χ0v) is 16.0. The molecule has 0 fully saturated rings. The number of rotatable bonds is 6. The Bertz CT molecular complexity index is 1010. The van der Waals surface area contributed by atoms with Crippen molar-refractivity contribution in [1.29, 1.82) is 0 Å². The smallest absolute Gasteiger partial charge is 0.271 e. The van der Waals surface area contributed by atoms with Gasteiger partial charge in [-0.1, -0.05) is 0 Å². The van der Waals surface area contributed by atoms with Gasteiger partial charge in [-0.15, -0.1) is 0 Å². The van der Waals surface area contributed by atoms with Gasteiger partial charge in [0.25, 0.3) is 11.8 Å². The van der Waals surface area contributed by atoms with Crippen molar-refractivity contribution in [2.45, 2.75) is 6.92 Å². The van der Waals surface area contributed by atoms with Crippen LogP contribution in [0.15, 0.2) is 71.4 Å². The first-order valence-corrected chi connectivity index (χ1v) is 8.85. The number of carbonyl (C=O) groups is 2. The molecule has 0 bridgehead atoms. The van der Waals surface area contributed by atoms with Crippen LogP contribution in [-0.2, 0) is 0 Å². The van der Waals surface area contributed by atoms with Gasteiger partial charge in [0.05, 0.1) is 12.4 Å². The maximum atomic E-state index is 12.0. The summed E-state index contributed by atoms with van der Waals surface area (Å²) in [6.45, 7) is 1.83. The third kappa shape index (κ3) is 5.32. The number of carbonyl (C=O) groups excluding carboxylic acids is 2. The van der Waals surface area contributed by atoms with E-state index in [-0.39, 0.29) is 5.75 Å². The Morgan fingerprint density at radius 2 is 1.23 bits per heavy atom. The van der Waals surface area contributed by atoms with Crippen LogP contribution in [0.5, 0.6) is 5.75 Å². The molecule has 0 saturated carbocycles. The van der Waals surface area contributed by atoms with Crippen molar-refractivity contribution in [3.05, 3.63) is 89.0 Å². The van der Waals surface area contributed by atoms with Crippen LogP contribution in [0, 0.1) is 6.92 Å². The molecule has 150 valence electrons. The van der Waals surface area contributed by atoms with Crippen molar-refractivity contribution in [2.24, 2.45) is 10.2 Å². The first-order valence-electron chi connectivity index (χ1n) is 8.85. The first kappa shape index (κ1) is 20.3. The van der Waals surface area contributed by atoms with E-state index in [0.717, 1.165) is 5.56 Å². The minimum absolute atomic E-state index is 0.0931. The molecule has 0 aliphatic heterocycles. The Morgan fingerprint density at radius 3 is 1.63 bits per heavy atom. The molecule has 9 nitrogen and oxygen atoms in total. The number of amides is 2. The zero-order valence-electron chi connectivity index (χ0n) is 16.0. The van der Waals surface area contributed by atoms with Crippen LogP contribution >= 0.6 is 0 Å². The molecular formula is C21H18N6O3. The highest BCUT2D eigenvalue weighted by Crippen LogP contribution is 2.21. The monoisotopic (exact) mass is 402 g/mol. The number of hydrogen-bond donors (Lipinski definition) is 3. The van der Waals surface area contributed by atoms with Crippen molar-refractivity contribution in [2.75, 3.05) is 0 Å². The maximum absolute atomic E-state index is 12.0. The second-order valence-corrected chi connectivity index (χ2v) is 6.16. The number of phenols is 1. The van der Waals surface area contributed by atoms with Crippen molar-refractivity contribution in [1.82, 2.24) is 20.8 Å². The normalized spacial score (nSPS) is 11.0. The molecule has 0 aliphatic rings. The highest BCUT2D eigenvalue weighted by Gasteiger charge is 2.08. The van der Waals surface area contributed by atoms with E-state index in [2.05, 4.69) is 31.0 Å². The van der Waals surface area contributed by atoms with Crippen LogP contribution in [0.3, 0.4) is 0 Å². The van der Waals surface area contributed by atoms with Gasteiger partial charge in [0.2, 0.25) is 0 Å². The molecule has 1 aromatic carbocycles. The summed E-state index contributed by atoms with van der Waals surface area (Å²) < 4.78 is 0. The van der Waals surface area contributed by atoms with Crippen molar-refractivity contribution < 1.29 is 14.7 Å². The van der Waals surface area contributed by atoms with Gasteiger partial charge < -0.3 is 5.11 Å². The van der Waals surface area contributed by atoms with Crippen molar-refractivity contribution in [3.8, 4) is 5.75 Å². The number of nitrogens with one attached hydrogen (secondary N) is 2. The van der Waals surface area contributed by atoms with Gasteiger partial charge in [-0.2, -0.15) is 10.2 Å². The van der Waals surface area contributed by atoms with Crippen LogP contribution in [0.2, 0.25) is 0 Å². The Labute approximate surface area is 172 Å². The molecule has 2 aromatic heterocycles. The average Bonchev–Trinajstić information content (AvgIpc) is 2.77. The largest absolute Gasteiger partial charge is 0.507 e. The quantitative estimate of drug-likeness (QED) is 0.429. The predicted molar refractivity (Wildman–Crippen MR) is 111 cm³/mol. The molecule has 9 heteroatoms. The number of hydrazone groups is 2. The lowest BCUT2D eigenvalue weighted by Crippen LogP contribution is -2.17. The molecule has 0 saturated heterocycles. The third-order valence-electron chi connectivity index (χ3n) is 3.94. The molecule has 2 heterocycles. The van der Waals surface area contributed by atoms with E-state index < -0.39 is 11.8 Å². The summed E-state index contributed by atoms with van der Waals surface area (Å²) >= 11 is 0. The lowest BCUT2D eigenvalue weighted by atomic mass is 10.1. The van der Waals surface area contributed by atoms with Crippen LogP contribution in [0.1, 0.15) is 37.4 Å². The van der Waals surface area contributed by atoms with Gasteiger partial charge >= 0.3 is 0 Å². The molecule has 0 atom stereocenters. The molecule has 3 aromatic rings.